The Kier molecular flexibility index (Phi) is 6.56. The van der Waals surface area contributed by atoms with E-state index in [0.29, 0.717) is 23.3 Å². The third-order valence-electron chi connectivity index (χ3n) is 5.44. The average Bonchev–Trinajstić information content (AvgIpc) is 3.21. The van der Waals surface area contributed by atoms with Crippen molar-refractivity contribution >= 4 is 32.6 Å². The van der Waals surface area contributed by atoms with E-state index in [1.807, 2.05) is 54.6 Å². The van der Waals surface area contributed by atoms with Crippen LogP contribution in [0.4, 0.5) is 5.13 Å². The van der Waals surface area contributed by atoms with Crippen LogP contribution in [0.25, 0.3) is 10.2 Å². The molecule has 0 N–H and O–H groups in total. The molecular formula is C27H28N2O2S. The number of benzene rings is 3. The lowest BCUT2D eigenvalue weighted by Crippen LogP contribution is -2.34. The highest BCUT2D eigenvalue weighted by atomic mass is 32.1. The molecule has 0 aliphatic carbocycles. The number of amides is 1. The molecule has 0 aliphatic rings. The maximum atomic E-state index is 13.3. The largest absolute Gasteiger partial charge is 0.484 e. The van der Waals surface area contributed by atoms with Crippen molar-refractivity contribution < 1.29 is 9.53 Å². The number of aromatic nitrogens is 1. The lowest BCUT2D eigenvalue weighted by Gasteiger charge is -2.20. The Morgan fingerprint density at radius 2 is 1.75 bits per heavy atom. The number of nitrogens with zero attached hydrogens (tertiary/aromatic N) is 2. The highest BCUT2D eigenvalue weighted by molar-refractivity contribution is 7.22. The first-order valence-electron chi connectivity index (χ1n) is 10.9. The summed E-state index contributed by atoms with van der Waals surface area (Å²) in [5.41, 5.74) is 5.56. The average molecular weight is 445 g/mol. The molecule has 4 aromatic rings. The van der Waals surface area contributed by atoms with Crippen molar-refractivity contribution in [2.75, 3.05) is 11.5 Å². The van der Waals surface area contributed by atoms with Crippen LogP contribution in [0.3, 0.4) is 0 Å². The van der Waals surface area contributed by atoms with Crippen molar-refractivity contribution in [1.82, 2.24) is 4.98 Å². The minimum Gasteiger partial charge on any atom is -0.484 e. The van der Waals surface area contributed by atoms with Gasteiger partial charge in [0.25, 0.3) is 5.91 Å². The number of aryl methyl sites for hydroxylation is 2. The molecule has 3 aromatic carbocycles. The summed E-state index contributed by atoms with van der Waals surface area (Å²) in [6, 6.07) is 22.2. The Morgan fingerprint density at radius 1 is 1.03 bits per heavy atom. The predicted octanol–water partition coefficient (Wildman–Crippen LogP) is 6.65. The van der Waals surface area contributed by atoms with Gasteiger partial charge in [0.2, 0.25) is 0 Å². The van der Waals surface area contributed by atoms with Gasteiger partial charge in [-0.05, 0) is 60.2 Å². The van der Waals surface area contributed by atoms with Gasteiger partial charge >= 0.3 is 0 Å². The number of hydrogen-bond acceptors (Lipinski definition) is 4. The van der Waals surface area contributed by atoms with E-state index in [9.17, 15) is 4.79 Å². The Bertz CT molecular complexity index is 1210. The zero-order valence-corrected chi connectivity index (χ0v) is 19.8. The van der Waals surface area contributed by atoms with Gasteiger partial charge in [0.15, 0.2) is 11.7 Å². The highest BCUT2D eigenvalue weighted by Gasteiger charge is 2.21. The standard InChI is InChI=1S/C27H28N2O2S/c1-18(2)22-10-12-23(13-11-22)31-17-25(30)29(16-21-8-6-5-7-9-21)27-28-26-20(4)14-19(3)15-24(26)32-27/h5-15,18H,16-17H2,1-4H3. The van der Waals surface area contributed by atoms with E-state index in [1.165, 1.54) is 11.1 Å². The summed E-state index contributed by atoms with van der Waals surface area (Å²) in [6.07, 6.45) is 0. The van der Waals surface area contributed by atoms with Crippen LogP contribution in [0.15, 0.2) is 66.7 Å². The fourth-order valence-corrected chi connectivity index (χ4v) is 4.83. The molecule has 0 radical (unpaired) electrons. The van der Waals surface area contributed by atoms with Gasteiger partial charge in [-0.25, -0.2) is 4.98 Å². The number of fused-ring (bicyclic) bond motifs is 1. The second kappa shape index (κ2) is 9.53. The van der Waals surface area contributed by atoms with E-state index in [4.69, 9.17) is 9.72 Å². The third-order valence-corrected chi connectivity index (χ3v) is 6.47. The van der Waals surface area contributed by atoms with Gasteiger partial charge in [-0.15, -0.1) is 0 Å². The summed E-state index contributed by atoms with van der Waals surface area (Å²) in [7, 11) is 0. The molecule has 164 valence electrons. The van der Waals surface area contributed by atoms with E-state index >= 15 is 0 Å². The Hall–Kier alpha value is -3.18. The molecule has 0 saturated heterocycles. The summed E-state index contributed by atoms with van der Waals surface area (Å²) in [5.74, 6) is 1.03. The van der Waals surface area contributed by atoms with E-state index < -0.39 is 0 Å². The van der Waals surface area contributed by atoms with Gasteiger partial charge in [-0.3, -0.25) is 9.69 Å². The molecule has 5 heteroatoms. The predicted molar refractivity (Wildman–Crippen MR) is 133 cm³/mol. The molecule has 4 rings (SSSR count). The quantitative estimate of drug-likeness (QED) is 0.320. The molecule has 0 atom stereocenters. The van der Waals surface area contributed by atoms with Crippen LogP contribution in [-0.2, 0) is 11.3 Å². The van der Waals surface area contributed by atoms with Crippen LogP contribution in [0.5, 0.6) is 5.75 Å². The first kappa shape index (κ1) is 22.0. The first-order valence-corrected chi connectivity index (χ1v) is 11.7. The second-order valence-corrected chi connectivity index (χ2v) is 9.41. The van der Waals surface area contributed by atoms with E-state index in [0.717, 1.165) is 21.3 Å². The maximum absolute atomic E-state index is 13.3. The minimum atomic E-state index is -0.116. The summed E-state index contributed by atoms with van der Waals surface area (Å²) in [5, 5.41) is 0.696. The first-order chi connectivity index (χ1) is 15.4. The Morgan fingerprint density at radius 3 is 2.44 bits per heavy atom. The van der Waals surface area contributed by atoms with Crippen LogP contribution in [0.2, 0.25) is 0 Å². The third kappa shape index (κ3) is 5.00. The van der Waals surface area contributed by atoms with Crippen molar-refractivity contribution in [3.63, 3.8) is 0 Å². The number of carbonyl (C=O) groups excluding carboxylic acids is 1. The zero-order valence-electron chi connectivity index (χ0n) is 19.0. The van der Waals surface area contributed by atoms with Crippen molar-refractivity contribution in [1.29, 1.82) is 0 Å². The smallest absolute Gasteiger partial charge is 0.267 e. The van der Waals surface area contributed by atoms with Gasteiger partial charge in [0, 0.05) is 0 Å². The van der Waals surface area contributed by atoms with Crippen LogP contribution >= 0.6 is 11.3 Å². The van der Waals surface area contributed by atoms with Crippen molar-refractivity contribution in [3.8, 4) is 5.75 Å². The summed E-state index contributed by atoms with van der Waals surface area (Å²) < 4.78 is 6.94. The van der Waals surface area contributed by atoms with E-state index in [-0.39, 0.29) is 12.5 Å². The van der Waals surface area contributed by atoms with Crippen molar-refractivity contribution in [2.45, 2.75) is 40.2 Å². The number of ether oxygens (including phenoxy) is 1. The molecule has 1 amide bonds. The number of anilines is 1. The van der Waals surface area contributed by atoms with Crippen molar-refractivity contribution in [3.05, 3.63) is 89.0 Å². The molecule has 0 bridgehead atoms. The molecular weight excluding hydrogens is 416 g/mol. The highest BCUT2D eigenvalue weighted by Crippen LogP contribution is 2.32. The number of carbonyl (C=O) groups is 1. The molecule has 0 aliphatic heterocycles. The van der Waals surface area contributed by atoms with Gasteiger partial charge < -0.3 is 4.74 Å². The summed E-state index contributed by atoms with van der Waals surface area (Å²) >= 11 is 1.55. The molecule has 4 nitrogen and oxygen atoms in total. The molecule has 0 unspecified atom stereocenters. The van der Waals surface area contributed by atoms with Crippen LogP contribution in [0.1, 0.15) is 42.0 Å². The van der Waals surface area contributed by atoms with Gasteiger partial charge in [0.1, 0.15) is 5.75 Å². The topological polar surface area (TPSA) is 42.4 Å². The Labute approximate surface area is 193 Å². The zero-order chi connectivity index (χ0) is 22.7. The summed E-state index contributed by atoms with van der Waals surface area (Å²) in [4.78, 5) is 19.9. The normalized spacial score (nSPS) is 11.2. The summed E-state index contributed by atoms with van der Waals surface area (Å²) in [6.45, 7) is 8.86. The fraction of sp³-hybridized carbons (Fsp3) is 0.259. The molecule has 1 heterocycles. The number of rotatable bonds is 7. The molecule has 0 saturated carbocycles. The van der Waals surface area contributed by atoms with Crippen LogP contribution < -0.4 is 9.64 Å². The van der Waals surface area contributed by atoms with Crippen LogP contribution in [0, 0.1) is 13.8 Å². The van der Waals surface area contributed by atoms with E-state index in [1.54, 1.807) is 16.2 Å². The van der Waals surface area contributed by atoms with Gasteiger partial charge in [0.05, 0.1) is 16.8 Å². The second-order valence-electron chi connectivity index (χ2n) is 8.40. The molecule has 1 aromatic heterocycles. The molecule has 0 spiro atoms. The van der Waals surface area contributed by atoms with Crippen molar-refractivity contribution in [2.24, 2.45) is 0 Å². The number of thiazole rings is 1. The lowest BCUT2D eigenvalue weighted by molar-refractivity contribution is -0.120. The number of hydrogen-bond donors (Lipinski definition) is 0. The van der Waals surface area contributed by atoms with E-state index in [2.05, 4.69) is 39.8 Å². The Balaban J connectivity index is 1.59. The SMILES string of the molecule is Cc1cc(C)c2nc(N(Cc3ccccc3)C(=O)COc3ccc(C(C)C)cc3)sc2c1. The molecule has 32 heavy (non-hydrogen) atoms. The van der Waals surface area contributed by atoms with Gasteiger partial charge in [-0.1, -0.05) is 73.7 Å². The monoisotopic (exact) mass is 444 g/mol. The lowest BCUT2D eigenvalue weighted by atomic mass is 10.0. The minimum absolute atomic E-state index is 0.0399. The molecule has 0 fully saturated rings. The van der Waals surface area contributed by atoms with Crippen LogP contribution in [-0.4, -0.2) is 17.5 Å². The fourth-order valence-electron chi connectivity index (χ4n) is 3.67. The van der Waals surface area contributed by atoms with Gasteiger partial charge in [-0.2, -0.15) is 0 Å². The maximum Gasteiger partial charge on any atom is 0.267 e.